The van der Waals surface area contributed by atoms with Gasteiger partial charge in [0.15, 0.2) is 0 Å². The molecule has 0 saturated carbocycles. The number of carbonyl (C=O) groups excluding carboxylic acids is 1. The fourth-order valence-corrected chi connectivity index (χ4v) is 4.50. The summed E-state index contributed by atoms with van der Waals surface area (Å²) in [5.74, 6) is 0.986. The van der Waals surface area contributed by atoms with Crippen LogP contribution in [0, 0.1) is 0 Å². The van der Waals surface area contributed by atoms with Crippen LogP contribution < -0.4 is 5.32 Å². The topological polar surface area (TPSA) is 79.4 Å². The molecule has 3 heterocycles. The first-order chi connectivity index (χ1) is 10.6. The van der Waals surface area contributed by atoms with Gasteiger partial charge in [-0.25, -0.2) is 13.4 Å². The van der Waals surface area contributed by atoms with E-state index in [9.17, 15) is 13.2 Å². The van der Waals surface area contributed by atoms with Crippen molar-refractivity contribution in [2.24, 2.45) is 0 Å². The third-order valence-electron chi connectivity index (χ3n) is 4.33. The molecule has 2 aliphatic heterocycles. The third-order valence-corrected chi connectivity index (χ3v) is 6.04. The summed E-state index contributed by atoms with van der Waals surface area (Å²) in [5.41, 5.74) is 0.581. The molecule has 3 rings (SSSR count). The lowest BCUT2D eigenvalue weighted by Gasteiger charge is -2.25. The number of nitrogens with one attached hydrogen (secondary N) is 1. The van der Waals surface area contributed by atoms with Gasteiger partial charge in [-0.2, -0.15) is 0 Å². The number of amides is 1. The molecule has 1 amide bonds. The Balaban J connectivity index is 1.73. The monoisotopic (exact) mass is 323 g/mol. The predicted octanol–water partition coefficient (Wildman–Crippen LogP) is 1.31. The summed E-state index contributed by atoms with van der Waals surface area (Å²) in [4.78, 5) is 18.7. The standard InChI is InChI=1S/C15H21N3O3S/c19-15(18-8-1-2-9-18)13-4-3-7-16-14(13)17-12-5-10-22(20,21)11-6-12/h3-4,7,12H,1-2,5-6,8-11H2,(H,16,17). The second-order valence-electron chi connectivity index (χ2n) is 5.97. The van der Waals surface area contributed by atoms with Crippen LogP contribution >= 0.6 is 0 Å². The highest BCUT2D eigenvalue weighted by Gasteiger charge is 2.26. The van der Waals surface area contributed by atoms with Crippen molar-refractivity contribution in [2.75, 3.05) is 29.9 Å². The van der Waals surface area contributed by atoms with Gasteiger partial charge in [-0.05, 0) is 37.8 Å². The minimum absolute atomic E-state index is 0.0107. The number of likely N-dealkylation sites (tertiary alicyclic amines) is 1. The molecule has 22 heavy (non-hydrogen) atoms. The summed E-state index contributed by atoms with van der Waals surface area (Å²) < 4.78 is 23.0. The summed E-state index contributed by atoms with van der Waals surface area (Å²) in [5, 5.41) is 3.27. The number of hydrogen-bond donors (Lipinski definition) is 1. The molecule has 1 aromatic rings. The van der Waals surface area contributed by atoms with Crippen molar-refractivity contribution in [3.05, 3.63) is 23.9 Å². The number of pyridine rings is 1. The zero-order valence-electron chi connectivity index (χ0n) is 12.5. The average Bonchev–Trinajstić information content (AvgIpc) is 3.04. The predicted molar refractivity (Wildman–Crippen MR) is 84.7 cm³/mol. The molecule has 120 valence electrons. The van der Waals surface area contributed by atoms with Crippen molar-refractivity contribution in [1.82, 2.24) is 9.88 Å². The first-order valence-electron chi connectivity index (χ1n) is 7.76. The van der Waals surface area contributed by atoms with Crippen molar-refractivity contribution in [3.63, 3.8) is 0 Å². The average molecular weight is 323 g/mol. The van der Waals surface area contributed by atoms with Crippen LogP contribution in [0.25, 0.3) is 0 Å². The Morgan fingerprint density at radius 3 is 2.59 bits per heavy atom. The lowest BCUT2D eigenvalue weighted by Crippen LogP contribution is -2.34. The molecule has 1 N–H and O–H groups in total. The Bertz CT molecular complexity index is 640. The van der Waals surface area contributed by atoms with E-state index in [2.05, 4.69) is 10.3 Å². The maximum absolute atomic E-state index is 12.6. The van der Waals surface area contributed by atoms with Gasteiger partial charge in [-0.15, -0.1) is 0 Å². The smallest absolute Gasteiger partial charge is 0.257 e. The van der Waals surface area contributed by atoms with Crippen LogP contribution in [0.3, 0.4) is 0 Å². The molecular formula is C15H21N3O3S. The summed E-state index contributed by atoms with van der Waals surface area (Å²) in [6.45, 7) is 1.60. The molecule has 0 spiro atoms. The Kier molecular flexibility index (Phi) is 4.33. The highest BCUT2D eigenvalue weighted by molar-refractivity contribution is 7.91. The highest BCUT2D eigenvalue weighted by atomic mass is 32.2. The first kappa shape index (κ1) is 15.3. The number of carbonyl (C=O) groups is 1. The summed E-state index contributed by atoms with van der Waals surface area (Å²) in [6, 6.07) is 3.61. The summed E-state index contributed by atoms with van der Waals surface area (Å²) >= 11 is 0. The fraction of sp³-hybridized carbons (Fsp3) is 0.600. The molecular weight excluding hydrogens is 302 g/mol. The van der Waals surface area contributed by atoms with Gasteiger partial charge in [0.05, 0.1) is 17.1 Å². The first-order valence-corrected chi connectivity index (χ1v) is 9.58. The van der Waals surface area contributed by atoms with Crippen LogP contribution in [-0.4, -0.2) is 54.8 Å². The molecule has 0 bridgehead atoms. The molecule has 1 aromatic heterocycles. The largest absolute Gasteiger partial charge is 0.367 e. The number of anilines is 1. The molecule has 2 fully saturated rings. The van der Waals surface area contributed by atoms with E-state index in [4.69, 9.17) is 0 Å². The Hall–Kier alpha value is -1.63. The Labute approximate surface area is 130 Å². The van der Waals surface area contributed by atoms with Gasteiger partial charge in [-0.3, -0.25) is 4.79 Å². The lowest BCUT2D eigenvalue weighted by molar-refractivity contribution is 0.0793. The Morgan fingerprint density at radius 2 is 1.91 bits per heavy atom. The number of rotatable bonds is 3. The third kappa shape index (κ3) is 3.40. The van der Waals surface area contributed by atoms with E-state index in [1.807, 2.05) is 4.90 Å². The zero-order valence-corrected chi connectivity index (χ0v) is 13.3. The highest BCUT2D eigenvalue weighted by Crippen LogP contribution is 2.21. The summed E-state index contributed by atoms with van der Waals surface area (Å²) in [7, 11) is -2.88. The van der Waals surface area contributed by atoms with Crippen molar-refractivity contribution >= 4 is 21.6 Å². The normalized spacial score (nSPS) is 21.7. The van der Waals surface area contributed by atoms with Crippen molar-refractivity contribution in [1.29, 1.82) is 0 Å². The maximum atomic E-state index is 12.6. The van der Waals surface area contributed by atoms with Crippen LogP contribution in [-0.2, 0) is 9.84 Å². The number of hydrogen-bond acceptors (Lipinski definition) is 5. The molecule has 0 aliphatic carbocycles. The van der Waals surface area contributed by atoms with Crippen LogP contribution in [0.5, 0.6) is 0 Å². The molecule has 7 heteroatoms. The SMILES string of the molecule is O=C(c1cccnc1NC1CCS(=O)(=O)CC1)N1CCCC1. The van der Waals surface area contributed by atoms with E-state index < -0.39 is 9.84 Å². The molecule has 0 atom stereocenters. The molecule has 0 unspecified atom stereocenters. The Morgan fingerprint density at radius 1 is 1.23 bits per heavy atom. The van der Waals surface area contributed by atoms with Crippen LogP contribution in [0.15, 0.2) is 18.3 Å². The van der Waals surface area contributed by atoms with E-state index in [-0.39, 0.29) is 23.5 Å². The van der Waals surface area contributed by atoms with Crippen LogP contribution in [0.4, 0.5) is 5.82 Å². The van der Waals surface area contributed by atoms with Crippen molar-refractivity contribution in [2.45, 2.75) is 31.7 Å². The molecule has 2 saturated heterocycles. The fourth-order valence-electron chi connectivity index (χ4n) is 3.01. The lowest BCUT2D eigenvalue weighted by atomic mass is 10.1. The number of nitrogens with zero attached hydrogens (tertiary/aromatic N) is 2. The van der Waals surface area contributed by atoms with E-state index in [0.29, 0.717) is 24.2 Å². The van der Waals surface area contributed by atoms with Gasteiger partial charge in [0.1, 0.15) is 15.7 Å². The number of aromatic nitrogens is 1. The quantitative estimate of drug-likeness (QED) is 0.907. The van der Waals surface area contributed by atoms with Gasteiger partial charge in [0.25, 0.3) is 5.91 Å². The molecule has 0 radical (unpaired) electrons. The van der Waals surface area contributed by atoms with Crippen molar-refractivity contribution < 1.29 is 13.2 Å². The van der Waals surface area contributed by atoms with Crippen molar-refractivity contribution in [3.8, 4) is 0 Å². The summed E-state index contributed by atoms with van der Waals surface area (Å²) in [6.07, 6.45) is 4.89. The molecule has 0 aromatic carbocycles. The van der Waals surface area contributed by atoms with Gasteiger partial charge in [-0.1, -0.05) is 0 Å². The maximum Gasteiger partial charge on any atom is 0.257 e. The second-order valence-corrected chi connectivity index (χ2v) is 8.27. The minimum Gasteiger partial charge on any atom is -0.367 e. The van der Waals surface area contributed by atoms with E-state index in [0.717, 1.165) is 25.9 Å². The van der Waals surface area contributed by atoms with Crippen LogP contribution in [0.2, 0.25) is 0 Å². The van der Waals surface area contributed by atoms with E-state index >= 15 is 0 Å². The molecule has 2 aliphatic rings. The second kappa shape index (κ2) is 6.24. The van der Waals surface area contributed by atoms with E-state index in [1.165, 1.54) is 0 Å². The zero-order chi connectivity index (χ0) is 15.6. The minimum atomic E-state index is -2.88. The van der Waals surface area contributed by atoms with Gasteiger partial charge < -0.3 is 10.2 Å². The van der Waals surface area contributed by atoms with Crippen LogP contribution in [0.1, 0.15) is 36.0 Å². The van der Waals surface area contributed by atoms with E-state index in [1.54, 1.807) is 18.3 Å². The number of sulfone groups is 1. The van der Waals surface area contributed by atoms with Gasteiger partial charge in [0, 0.05) is 25.3 Å². The van der Waals surface area contributed by atoms with Gasteiger partial charge >= 0.3 is 0 Å². The van der Waals surface area contributed by atoms with Gasteiger partial charge in [0.2, 0.25) is 0 Å². The molecule has 6 nitrogen and oxygen atoms in total.